The van der Waals surface area contributed by atoms with Crippen LogP contribution in [0.4, 0.5) is 5.69 Å². The average Bonchev–Trinajstić information content (AvgIpc) is 2.59. The van der Waals surface area contributed by atoms with Gasteiger partial charge in [-0.2, -0.15) is 0 Å². The van der Waals surface area contributed by atoms with Crippen molar-refractivity contribution in [3.63, 3.8) is 0 Å². The molecule has 4 heteroatoms. The predicted molar refractivity (Wildman–Crippen MR) is 110 cm³/mol. The molecule has 1 saturated heterocycles. The van der Waals surface area contributed by atoms with Crippen LogP contribution in [0.2, 0.25) is 0 Å². The van der Waals surface area contributed by atoms with E-state index in [1.54, 1.807) is 4.90 Å². The molecule has 1 fully saturated rings. The maximum atomic E-state index is 12.5. The second kappa shape index (κ2) is 8.68. The number of hydrogen-bond donors (Lipinski definition) is 3. The Balaban J connectivity index is 1.48. The molecule has 0 spiro atoms. The number of carbonyl (C=O) groups is 1. The SMILES string of the molecule is Cc1cc(C)cc(C[NH+]2CC[NH+](CC(=O)Nc3c(C)cccc3C)CC2)c1. The number of amides is 1. The van der Waals surface area contributed by atoms with Gasteiger partial charge in [-0.25, -0.2) is 0 Å². The quantitative estimate of drug-likeness (QED) is 0.720. The molecule has 4 nitrogen and oxygen atoms in total. The van der Waals surface area contributed by atoms with Gasteiger partial charge in [0.05, 0.1) is 0 Å². The van der Waals surface area contributed by atoms with Crippen molar-refractivity contribution in [3.05, 3.63) is 64.2 Å². The summed E-state index contributed by atoms with van der Waals surface area (Å²) in [5.74, 6) is 0.125. The largest absolute Gasteiger partial charge is 0.322 e. The van der Waals surface area contributed by atoms with Gasteiger partial charge in [0.2, 0.25) is 0 Å². The first-order valence-electron chi connectivity index (χ1n) is 10.0. The molecular formula is C23H33N3O+2. The van der Waals surface area contributed by atoms with E-state index in [4.69, 9.17) is 0 Å². The van der Waals surface area contributed by atoms with E-state index in [1.165, 1.54) is 21.6 Å². The fourth-order valence-corrected chi connectivity index (χ4v) is 4.19. The van der Waals surface area contributed by atoms with Gasteiger partial charge < -0.3 is 15.1 Å². The third-order valence-electron chi connectivity index (χ3n) is 5.56. The number of anilines is 1. The lowest BCUT2D eigenvalue weighted by Gasteiger charge is -2.29. The summed E-state index contributed by atoms with van der Waals surface area (Å²) < 4.78 is 0. The first kappa shape index (κ1) is 19.6. The minimum absolute atomic E-state index is 0.125. The third kappa shape index (κ3) is 5.41. The molecule has 144 valence electrons. The molecule has 0 unspecified atom stereocenters. The third-order valence-corrected chi connectivity index (χ3v) is 5.56. The molecule has 3 N–H and O–H groups in total. The van der Waals surface area contributed by atoms with Crippen LogP contribution in [0.3, 0.4) is 0 Å². The average molecular weight is 368 g/mol. The van der Waals surface area contributed by atoms with Gasteiger partial charge >= 0.3 is 0 Å². The molecule has 27 heavy (non-hydrogen) atoms. The van der Waals surface area contributed by atoms with E-state index in [1.807, 2.05) is 32.0 Å². The van der Waals surface area contributed by atoms with Gasteiger partial charge in [-0.05, 0) is 38.8 Å². The molecule has 1 heterocycles. The number of nitrogens with one attached hydrogen (secondary N) is 3. The summed E-state index contributed by atoms with van der Waals surface area (Å²) in [6.07, 6.45) is 0. The van der Waals surface area contributed by atoms with Crippen molar-refractivity contribution in [1.29, 1.82) is 0 Å². The fraction of sp³-hybridized carbons (Fsp3) is 0.435. The minimum Gasteiger partial charge on any atom is -0.322 e. The number of hydrogen-bond acceptors (Lipinski definition) is 1. The highest BCUT2D eigenvalue weighted by Crippen LogP contribution is 2.18. The van der Waals surface area contributed by atoms with Gasteiger partial charge in [-0.3, -0.25) is 4.79 Å². The van der Waals surface area contributed by atoms with Crippen molar-refractivity contribution in [2.24, 2.45) is 0 Å². The Bertz CT molecular complexity index is 767. The van der Waals surface area contributed by atoms with Crippen LogP contribution in [-0.4, -0.2) is 38.6 Å². The lowest BCUT2D eigenvalue weighted by molar-refractivity contribution is -1.02. The lowest BCUT2D eigenvalue weighted by Crippen LogP contribution is -3.28. The van der Waals surface area contributed by atoms with Crippen molar-refractivity contribution in [3.8, 4) is 0 Å². The topological polar surface area (TPSA) is 38.0 Å². The highest BCUT2D eigenvalue weighted by atomic mass is 16.2. The molecule has 0 atom stereocenters. The van der Waals surface area contributed by atoms with Gasteiger partial charge in [0.1, 0.15) is 32.7 Å². The van der Waals surface area contributed by atoms with E-state index in [9.17, 15) is 4.79 Å². The molecular weight excluding hydrogens is 334 g/mol. The predicted octanol–water partition coefficient (Wildman–Crippen LogP) is 0.842. The lowest BCUT2D eigenvalue weighted by atomic mass is 10.1. The van der Waals surface area contributed by atoms with Crippen LogP contribution >= 0.6 is 0 Å². The van der Waals surface area contributed by atoms with Crippen LogP contribution in [-0.2, 0) is 11.3 Å². The molecule has 1 aliphatic heterocycles. The monoisotopic (exact) mass is 367 g/mol. The second-order valence-corrected chi connectivity index (χ2v) is 8.16. The summed E-state index contributed by atoms with van der Waals surface area (Å²) in [5.41, 5.74) is 7.34. The van der Waals surface area contributed by atoms with Crippen LogP contribution in [0.1, 0.15) is 27.8 Å². The summed E-state index contributed by atoms with van der Waals surface area (Å²) >= 11 is 0. The first-order chi connectivity index (χ1) is 12.9. The van der Waals surface area contributed by atoms with Crippen molar-refractivity contribution < 1.29 is 14.6 Å². The smallest absolute Gasteiger partial charge is 0.279 e. The first-order valence-corrected chi connectivity index (χ1v) is 10.0. The summed E-state index contributed by atoms with van der Waals surface area (Å²) in [4.78, 5) is 15.5. The Morgan fingerprint density at radius 3 is 2.04 bits per heavy atom. The van der Waals surface area contributed by atoms with Crippen LogP contribution < -0.4 is 15.1 Å². The zero-order valence-electron chi connectivity index (χ0n) is 17.1. The summed E-state index contributed by atoms with van der Waals surface area (Å²) in [6, 6.07) is 13.0. The van der Waals surface area contributed by atoms with Gasteiger partial charge in [-0.15, -0.1) is 0 Å². The van der Waals surface area contributed by atoms with Crippen LogP contribution in [0.5, 0.6) is 0 Å². The van der Waals surface area contributed by atoms with Crippen LogP contribution in [0, 0.1) is 27.7 Å². The number of aryl methyl sites for hydroxylation is 4. The van der Waals surface area contributed by atoms with Crippen molar-refractivity contribution in [1.82, 2.24) is 0 Å². The van der Waals surface area contributed by atoms with E-state index < -0.39 is 0 Å². The minimum atomic E-state index is 0.125. The standard InChI is InChI=1S/C23H31N3O/c1-17-12-18(2)14-21(13-17)15-25-8-10-26(11-9-25)16-22(27)24-23-19(3)6-5-7-20(23)4/h5-7,12-14H,8-11,15-16H2,1-4H3,(H,24,27)/p+2. The Hall–Kier alpha value is -2.17. The maximum absolute atomic E-state index is 12.5. The number of carbonyl (C=O) groups excluding carboxylic acids is 1. The van der Waals surface area contributed by atoms with Gasteiger partial charge in [0.15, 0.2) is 6.54 Å². The molecule has 3 rings (SSSR count). The summed E-state index contributed by atoms with van der Waals surface area (Å²) in [5, 5.41) is 3.12. The van der Waals surface area contributed by atoms with E-state index >= 15 is 0 Å². The van der Waals surface area contributed by atoms with Crippen molar-refractivity contribution >= 4 is 11.6 Å². The zero-order chi connectivity index (χ0) is 19.4. The molecule has 0 aromatic heterocycles. The molecule has 1 aliphatic rings. The summed E-state index contributed by atoms with van der Waals surface area (Å²) in [6.45, 7) is 14.4. The Labute approximate surface area is 163 Å². The van der Waals surface area contributed by atoms with E-state index in [-0.39, 0.29) is 5.91 Å². The summed E-state index contributed by atoms with van der Waals surface area (Å²) in [7, 11) is 0. The van der Waals surface area contributed by atoms with Gasteiger partial charge in [0, 0.05) is 11.3 Å². The second-order valence-electron chi connectivity index (χ2n) is 8.16. The molecule has 2 aromatic rings. The Morgan fingerprint density at radius 2 is 1.44 bits per heavy atom. The van der Waals surface area contributed by atoms with Gasteiger partial charge in [-0.1, -0.05) is 47.5 Å². The number of quaternary nitrogens is 2. The van der Waals surface area contributed by atoms with E-state index in [0.29, 0.717) is 6.54 Å². The highest BCUT2D eigenvalue weighted by Gasteiger charge is 2.25. The Kier molecular flexibility index (Phi) is 6.30. The van der Waals surface area contributed by atoms with Crippen molar-refractivity contribution in [2.75, 3.05) is 38.0 Å². The number of piperazine rings is 1. The van der Waals surface area contributed by atoms with Crippen LogP contribution in [0.25, 0.3) is 0 Å². The molecule has 0 saturated carbocycles. The molecule has 2 aromatic carbocycles. The van der Waals surface area contributed by atoms with Crippen molar-refractivity contribution in [2.45, 2.75) is 34.2 Å². The van der Waals surface area contributed by atoms with E-state index in [2.05, 4.69) is 37.4 Å². The Morgan fingerprint density at radius 1 is 0.889 bits per heavy atom. The number of benzene rings is 2. The fourth-order valence-electron chi connectivity index (χ4n) is 4.19. The highest BCUT2D eigenvalue weighted by molar-refractivity contribution is 5.93. The van der Waals surface area contributed by atoms with E-state index in [0.717, 1.165) is 49.5 Å². The molecule has 1 amide bonds. The van der Waals surface area contributed by atoms with Crippen LogP contribution in [0.15, 0.2) is 36.4 Å². The number of para-hydroxylation sites is 1. The maximum Gasteiger partial charge on any atom is 0.279 e. The zero-order valence-corrected chi connectivity index (χ0v) is 17.1. The normalized spacial score (nSPS) is 19.7. The van der Waals surface area contributed by atoms with Gasteiger partial charge in [0.25, 0.3) is 5.91 Å². The number of rotatable bonds is 5. The molecule has 0 radical (unpaired) electrons. The molecule has 0 bridgehead atoms. The molecule has 0 aliphatic carbocycles.